The average Bonchev–Trinajstić information content (AvgIpc) is 2.44. The van der Waals surface area contributed by atoms with Crippen LogP contribution >= 0.6 is 0 Å². The monoisotopic (exact) mass is 250 g/mol. The van der Waals surface area contributed by atoms with Gasteiger partial charge in [-0.3, -0.25) is 4.79 Å². The Morgan fingerprint density at radius 2 is 1.89 bits per heavy atom. The van der Waals surface area contributed by atoms with Gasteiger partial charge in [0.25, 0.3) is 0 Å². The van der Waals surface area contributed by atoms with E-state index < -0.39 is 0 Å². The van der Waals surface area contributed by atoms with Crippen molar-refractivity contribution in [1.82, 2.24) is 10.6 Å². The largest absolute Gasteiger partial charge is 0.493 e. The van der Waals surface area contributed by atoms with Crippen molar-refractivity contribution >= 4 is 5.91 Å². The summed E-state index contributed by atoms with van der Waals surface area (Å²) in [7, 11) is 4.88. The van der Waals surface area contributed by atoms with Crippen LogP contribution in [0.1, 0.15) is 11.1 Å². The van der Waals surface area contributed by atoms with E-state index in [0.717, 1.165) is 16.9 Å². The molecule has 98 valence electrons. The van der Waals surface area contributed by atoms with E-state index in [9.17, 15) is 4.79 Å². The van der Waals surface area contributed by atoms with E-state index in [1.54, 1.807) is 21.3 Å². The van der Waals surface area contributed by atoms with Gasteiger partial charge in [-0.25, -0.2) is 0 Å². The van der Waals surface area contributed by atoms with Gasteiger partial charge in [0.2, 0.25) is 5.91 Å². The third kappa shape index (κ3) is 2.26. The topological polar surface area (TPSA) is 59.6 Å². The Balaban J connectivity index is 2.29. The number of benzene rings is 1. The summed E-state index contributed by atoms with van der Waals surface area (Å²) in [5.41, 5.74) is 2.27. The van der Waals surface area contributed by atoms with Crippen molar-refractivity contribution in [2.75, 3.05) is 21.3 Å². The Kier molecular flexibility index (Phi) is 3.72. The molecule has 1 aromatic rings. The zero-order chi connectivity index (χ0) is 13.1. The van der Waals surface area contributed by atoms with E-state index in [-0.39, 0.29) is 11.9 Å². The summed E-state index contributed by atoms with van der Waals surface area (Å²) in [4.78, 5) is 11.6. The minimum atomic E-state index is -0.180. The second-order valence-corrected chi connectivity index (χ2v) is 4.23. The molecule has 0 fully saturated rings. The van der Waals surface area contributed by atoms with Crippen molar-refractivity contribution < 1.29 is 14.3 Å². The van der Waals surface area contributed by atoms with E-state index >= 15 is 0 Å². The molecule has 0 radical (unpaired) electrons. The van der Waals surface area contributed by atoms with Crippen LogP contribution in [0, 0.1) is 0 Å². The van der Waals surface area contributed by atoms with Crippen LogP contribution in [0.15, 0.2) is 12.1 Å². The fraction of sp³-hybridized carbons (Fsp3) is 0.462. The van der Waals surface area contributed by atoms with Gasteiger partial charge in [0.05, 0.1) is 20.3 Å². The van der Waals surface area contributed by atoms with Crippen LogP contribution in [0.25, 0.3) is 0 Å². The van der Waals surface area contributed by atoms with Crippen LogP contribution in [-0.2, 0) is 17.8 Å². The van der Waals surface area contributed by atoms with Gasteiger partial charge in [-0.1, -0.05) is 0 Å². The van der Waals surface area contributed by atoms with Crippen molar-refractivity contribution in [2.24, 2.45) is 0 Å². The molecule has 1 aromatic carbocycles. The van der Waals surface area contributed by atoms with Gasteiger partial charge in [0.15, 0.2) is 11.5 Å². The number of hydrogen-bond donors (Lipinski definition) is 2. The molecule has 1 amide bonds. The van der Waals surface area contributed by atoms with E-state index in [4.69, 9.17) is 9.47 Å². The number of carbonyl (C=O) groups is 1. The SMILES string of the molecule is CNC(=O)C1Cc2cc(OC)c(OC)cc2CN1. The van der Waals surface area contributed by atoms with Gasteiger partial charge in [-0.2, -0.15) is 0 Å². The fourth-order valence-corrected chi connectivity index (χ4v) is 2.20. The van der Waals surface area contributed by atoms with Gasteiger partial charge in [-0.15, -0.1) is 0 Å². The van der Waals surface area contributed by atoms with Crippen molar-refractivity contribution in [1.29, 1.82) is 0 Å². The Morgan fingerprint density at radius 3 is 2.44 bits per heavy atom. The van der Waals surface area contributed by atoms with Crippen LogP contribution in [0.3, 0.4) is 0 Å². The molecule has 1 atom stereocenters. The van der Waals surface area contributed by atoms with Gasteiger partial charge >= 0.3 is 0 Å². The third-order valence-corrected chi connectivity index (χ3v) is 3.23. The van der Waals surface area contributed by atoms with Crippen LogP contribution < -0.4 is 20.1 Å². The summed E-state index contributed by atoms with van der Waals surface area (Å²) >= 11 is 0. The second kappa shape index (κ2) is 5.27. The third-order valence-electron chi connectivity index (χ3n) is 3.23. The molecule has 1 aliphatic rings. The molecule has 5 nitrogen and oxygen atoms in total. The molecule has 1 heterocycles. The molecule has 0 bridgehead atoms. The van der Waals surface area contributed by atoms with E-state index in [1.807, 2.05) is 12.1 Å². The molecule has 0 aliphatic carbocycles. The Bertz CT molecular complexity index is 460. The summed E-state index contributed by atoms with van der Waals surface area (Å²) in [5.74, 6) is 1.43. The molecule has 2 rings (SSSR count). The van der Waals surface area contributed by atoms with Gasteiger partial charge in [0, 0.05) is 13.6 Å². The Hall–Kier alpha value is -1.75. The molecule has 0 saturated heterocycles. The number of nitrogens with one attached hydrogen (secondary N) is 2. The minimum absolute atomic E-state index is 0.00966. The molecule has 1 aliphatic heterocycles. The lowest BCUT2D eigenvalue weighted by molar-refractivity contribution is -0.122. The lowest BCUT2D eigenvalue weighted by atomic mass is 9.94. The maximum Gasteiger partial charge on any atom is 0.237 e. The first kappa shape index (κ1) is 12.7. The van der Waals surface area contributed by atoms with E-state index in [1.165, 1.54) is 0 Å². The Morgan fingerprint density at radius 1 is 1.28 bits per heavy atom. The lowest BCUT2D eigenvalue weighted by Gasteiger charge is -2.26. The molecule has 2 N–H and O–H groups in total. The number of methoxy groups -OCH3 is 2. The highest BCUT2D eigenvalue weighted by atomic mass is 16.5. The van der Waals surface area contributed by atoms with E-state index in [0.29, 0.717) is 18.7 Å². The van der Waals surface area contributed by atoms with Gasteiger partial charge < -0.3 is 20.1 Å². The van der Waals surface area contributed by atoms with Crippen LogP contribution in [-0.4, -0.2) is 33.2 Å². The number of hydrogen-bond acceptors (Lipinski definition) is 4. The predicted molar refractivity (Wildman–Crippen MR) is 67.9 cm³/mol. The van der Waals surface area contributed by atoms with Crippen molar-refractivity contribution in [3.63, 3.8) is 0 Å². The highest BCUT2D eigenvalue weighted by molar-refractivity contribution is 5.82. The summed E-state index contributed by atoms with van der Waals surface area (Å²) in [6.45, 7) is 0.660. The number of fused-ring (bicyclic) bond motifs is 1. The summed E-state index contributed by atoms with van der Waals surface area (Å²) in [6.07, 6.45) is 0.662. The van der Waals surface area contributed by atoms with Crippen molar-refractivity contribution in [3.05, 3.63) is 23.3 Å². The zero-order valence-electron chi connectivity index (χ0n) is 10.9. The number of ether oxygens (including phenoxy) is 2. The summed E-state index contributed by atoms with van der Waals surface area (Å²) in [6, 6.07) is 3.73. The number of amides is 1. The fourth-order valence-electron chi connectivity index (χ4n) is 2.20. The molecule has 18 heavy (non-hydrogen) atoms. The quantitative estimate of drug-likeness (QED) is 0.818. The predicted octanol–water partition coefficient (Wildman–Crippen LogP) is 0.464. The van der Waals surface area contributed by atoms with Crippen LogP contribution in [0.5, 0.6) is 11.5 Å². The minimum Gasteiger partial charge on any atom is -0.493 e. The number of carbonyl (C=O) groups excluding carboxylic acids is 1. The van der Waals surface area contributed by atoms with Crippen LogP contribution in [0.2, 0.25) is 0 Å². The second-order valence-electron chi connectivity index (χ2n) is 4.23. The first-order chi connectivity index (χ1) is 8.69. The van der Waals surface area contributed by atoms with Crippen LogP contribution in [0.4, 0.5) is 0 Å². The van der Waals surface area contributed by atoms with Crippen molar-refractivity contribution in [2.45, 2.75) is 19.0 Å². The molecular formula is C13H18N2O3. The average molecular weight is 250 g/mol. The summed E-state index contributed by atoms with van der Waals surface area (Å²) < 4.78 is 10.5. The normalized spacial score (nSPS) is 17.8. The lowest BCUT2D eigenvalue weighted by Crippen LogP contribution is -2.46. The number of rotatable bonds is 3. The van der Waals surface area contributed by atoms with Crippen molar-refractivity contribution in [3.8, 4) is 11.5 Å². The zero-order valence-corrected chi connectivity index (χ0v) is 10.9. The van der Waals surface area contributed by atoms with Gasteiger partial charge in [0.1, 0.15) is 0 Å². The standard InChI is InChI=1S/C13H18N2O3/c1-14-13(16)10-4-8-5-11(17-2)12(18-3)6-9(8)7-15-10/h5-6,10,15H,4,7H2,1-3H3,(H,14,16). The highest BCUT2D eigenvalue weighted by Gasteiger charge is 2.24. The molecule has 0 saturated carbocycles. The molecule has 0 spiro atoms. The smallest absolute Gasteiger partial charge is 0.237 e. The van der Waals surface area contributed by atoms with E-state index in [2.05, 4.69) is 10.6 Å². The molecular weight excluding hydrogens is 232 g/mol. The number of likely N-dealkylation sites (N-methyl/N-ethyl adjacent to an activating group) is 1. The Labute approximate surface area is 106 Å². The molecule has 5 heteroatoms. The van der Waals surface area contributed by atoms with Gasteiger partial charge in [-0.05, 0) is 29.7 Å². The highest BCUT2D eigenvalue weighted by Crippen LogP contribution is 2.32. The maximum absolute atomic E-state index is 11.6. The first-order valence-corrected chi connectivity index (χ1v) is 5.88. The maximum atomic E-state index is 11.6. The molecule has 0 aromatic heterocycles. The molecule has 1 unspecified atom stereocenters. The first-order valence-electron chi connectivity index (χ1n) is 5.88. The summed E-state index contributed by atoms with van der Waals surface area (Å²) in [5, 5.41) is 5.87.